The van der Waals surface area contributed by atoms with Crippen LogP contribution in [-0.4, -0.2) is 23.0 Å². The minimum Gasteiger partial charge on any atom is -0.496 e. The first-order chi connectivity index (χ1) is 15.1. The van der Waals surface area contributed by atoms with Gasteiger partial charge in [-0.2, -0.15) is 0 Å². The number of fused-ring (bicyclic) bond motifs is 1. The number of aromatic nitrogens is 2. The Balaban J connectivity index is 1.46. The predicted molar refractivity (Wildman–Crippen MR) is 121 cm³/mol. The van der Waals surface area contributed by atoms with Crippen LogP contribution in [0.4, 0.5) is 0 Å². The van der Waals surface area contributed by atoms with Crippen LogP contribution in [0.15, 0.2) is 64.4 Å². The van der Waals surface area contributed by atoms with Crippen molar-refractivity contribution in [2.24, 2.45) is 0 Å². The Kier molecular flexibility index (Phi) is 6.23. The summed E-state index contributed by atoms with van der Waals surface area (Å²) in [7, 11) is 1.64. The molecule has 6 nitrogen and oxygen atoms in total. The molecule has 2 aromatic carbocycles. The summed E-state index contributed by atoms with van der Waals surface area (Å²) in [6, 6.07) is 15.2. The van der Waals surface area contributed by atoms with Crippen LogP contribution in [0.25, 0.3) is 11.1 Å². The molecule has 0 spiro atoms. The molecule has 158 valence electrons. The molecule has 0 atom stereocenters. The van der Waals surface area contributed by atoms with Crippen molar-refractivity contribution in [1.29, 1.82) is 0 Å². The number of carbonyl (C=O) groups excluding carboxylic acids is 1. The molecule has 0 aliphatic carbocycles. The Labute approximate surface area is 185 Å². The number of pyridine rings is 1. The third kappa shape index (κ3) is 4.56. The number of rotatable bonds is 7. The molecule has 7 heteroatoms. The van der Waals surface area contributed by atoms with Crippen LogP contribution in [0, 0.1) is 13.8 Å². The Hall–Kier alpha value is -3.32. The lowest BCUT2D eigenvalue weighted by Gasteiger charge is -2.13. The molecular formula is C24H23N3O3S. The normalized spacial score (nSPS) is 10.9. The number of amides is 1. The summed E-state index contributed by atoms with van der Waals surface area (Å²) in [4.78, 5) is 21.8. The smallest absolute Gasteiger partial charge is 0.257 e. The van der Waals surface area contributed by atoms with Gasteiger partial charge in [-0.25, -0.2) is 4.98 Å². The van der Waals surface area contributed by atoms with Crippen molar-refractivity contribution >= 4 is 28.8 Å². The average molecular weight is 434 g/mol. The van der Waals surface area contributed by atoms with E-state index in [1.54, 1.807) is 13.3 Å². The van der Waals surface area contributed by atoms with E-state index < -0.39 is 0 Å². The molecule has 2 heterocycles. The van der Waals surface area contributed by atoms with Crippen molar-refractivity contribution in [3.05, 3.63) is 82.7 Å². The number of oxazole rings is 1. The number of hydrogen-bond acceptors (Lipinski definition) is 6. The summed E-state index contributed by atoms with van der Waals surface area (Å²) in [5.41, 5.74) is 5.81. The minimum atomic E-state index is -0.144. The van der Waals surface area contributed by atoms with Gasteiger partial charge in [-0.1, -0.05) is 42.1 Å². The fourth-order valence-corrected chi connectivity index (χ4v) is 4.27. The summed E-state index contributed by atoms with van der Waals surface area (Å²) in [5.74, 6) is 1.23. The van der Waals surface area contributed by atoms with Crippen molar-refractivity contribution in [1.82, 2.24) is 15.3 Å². The zero-order chi connectivity index (χ0) is 21.8. The highest BCUT2D eigenvalue weighted by Crippen LogP contribution is 2.27. The Morgan fingerprint density at radius 2 is 1.90 bits per heavy atom. The van der Waals surface area contributed by atoms with Crippen molar-refractivity contribution in [2.75, 3.05) is 7.11 Å². The number of nitrogens with one attached hydrogen (secondary N) is 1. The first kappa shape index (κ1) is 20.9. The molecule has 0 fully saturated rings. The van der Waals surface area contributed by atoms with Gasteiger partial charge < -0.3 is 14.5 Å². The van der Waals surface area contributed by atoms with Gasteiger partial charge in [0.1, 0.15) is 11.3 Å². The number of methoxy groups -OCH3 is 1. The van der Waals surface area contributed by atoms with Crippen LogP contribution < -0.4 is 10.1 Å². The van der Waals surface area contributed by atoms with Crippen LogP contribution >= 0.6 is 11.8 Å². The number of ether oxygens (including phenoxy) is 1. The SMILES string of the molecule is COc1c(C)cnc(CNC(=O)c2ccccc2CSc2nc3ccccc3o2)c1C. The van der Waals surface area contributed by atoms with Gasteiger partial charge in [0.05, 0.1) is 19.3 Å². The van der Waals surface area contributed by atoms with Gasteiger partial charge in [0, 0.05) is 28.6 Å². The van der Waals surface area contributed by atoms with E-state index in [1.165, 1.54) is 11.8 Å². The topological polar surface area (TPSA) is 77.2 Å². The van der Waals surface area contributed by atoms with E-state index in [1.807, 2.05) is 62.4 Å². The van der Waals surface area contributed by atoms with E-state index in [0.29, 0.717) is 23.1 Å². The quantitative estimate of drug-likeness (QED) is 0.410. The molecule has 0 bridgehead atoms. The average Bonchev–Trinajstić information content (AvgIpc) is 3.20. The second-order valence-corrected chi connectivity index (χ2v) is 8.05. The number of carbonyl (C=O) groups is 1. The van der Waals surface area contributed by atoms with Gasteiger partial charge in [0.25, 0.3) is 11.1 Å². The molecule has 2 aromatic heterocycles. The molecule has 0 saturated carbocycles. The highest BCUT2D eigenvalue weighted by atomic mass is 32.2. The first-order valence-electron chi connectivity index (χ1n) is 9.90. The van der Waals surface area contributed by atoms with Gasteiger partial charge in [0.2, 0.25) is 0 Å². The van der Waals surface area contributed by atoms with Gasteiger partial charge in [-0.05, 0) is 37.6 Å². The summed E-state index contributed by atoms with van der Waals surface area (Å²) < 4.78 is 11.2. The minimum absolute atomic E-state index is 0.144. The third-order valence-electron chi connectivity index (χ3n) is 5.05. The second kappa shape index (κ2) is 9.22. The van der Waals surface area contributed by atoms with Crippen molar-refractivity contribution < 1.29 is 13.9 Å². The second-order valence-electron chi connectivity index (χ2n) is 7.12. The largest absolute Gasteiger partial charge is 0.496 e. The number of hydrogen-bond donors (Lipinski definition) is 1. The van der Waals surface area contributed by atoms with E-state index in [4.69, 9.17) is 9.15 Å². The summed E-state index contributed by atoms with van der Waals surface area (Å²) in [6.07, 6.45) is 1.76. The molecule has 0 aliphatic rings. The van der Waals surface area contributed by atoms with Gasteiger partial charge in [-0.3, -0.25) is 9.78 Å². The molecule has 31 heavy (non-hydrogen) atoms. The molecule has 1 amide bonds. The first-order valence-corrected chi connectivity index (χ1v) is 10.9. The Morgan fingerprint density at radius 1 is 1.13 bits per heavy atom. The van der Waals surface area contributed by atoms with Gasteiger partial charge in [0.15, 0.2) is 5.58 Å². The van der Waals surface area contributed by atoms with Crippen LogP contribution in [0.2, 0.25) is 0 Å². The fraction of sp³-hybridized carbons (Fsp3) is 0.208. The van der Waals surface area contributed by atoms with E-state index >= 15 is 0 Å². The molecule has 1 N–H and O–H groups in total. The van der Waals surface area contributed by atoms with E-state index in [-0.39, 0.29) is 5.91 Å². The van der Waals surface area contributed by atoms with Crippen molar-refractivity contribution in [3.63, 3.8) is 0 Å². The molecule has 0 saturated heterocycles. The summed E-state index contributed by atoms with van der Waals surface area (Å²) in [6.45, 7) is 4.23. The van der Waals surface area contributed by atoms with E-state index in [0.717, 1.165) is 39.2 Å². The lowest BCUT2D eigenvalue weighted by atomic mass is 10.1. The maximum atomic E-state index is 12.9. The maximum absolute atomic E-state index is 12.9. The summed E-state index contributed by atoms with van der Waals surface area (Å²) in [5, 5.41) is 3.57. The Morgan fingerprint density at radius 3 is 2.71 bits per heavy atom. The highest BCUT2D eigenvalue weighted by molar-refractivity contribution is 7.98. The highest BCUT2D eigenvalue weighted by Gasteiger charge is 2.15. The Bertz CT molecular complexity index is 1200. The fourth-order valence-electron chi connectivity index (χ4n) is 3.43. The van der Waals surface area contributed by atoms with Crippen molar-refractivity contribution in [2.45, 2.75) is 31.4 Å². The number of thioether (sulfide) groups is 1. The third-order valence-corrected chi connectivity index (χ3v) is 5.93. The van der Waals surface area contributed by atoms with Gasteiger partial charge in [-0.15, -0.1) is 0 Å². The number of nitrogens with zero attached hydrogens (tertiary/aromatic N) is 2. The van der Waals surface area contributed by atoms with E-state index in [2.05, 4.69) is 15.3 Å². The monoisotopic (exact) mass is 433 g/mol. The number of benzene rings is 2. The zero-order valence-corrected chi connectivity index (χ0v) is 18.5. The van der Waals surface area contributed by atoms with Crippen LogP contribution in [0.3, 0.4) is 0 Å². The molecule has 4 rings (SSSR count). The zero-order valence-electron chi connectivity index (χ0n) is 17.6. The lowest BCUT2D eigenvalue weighted by molar-refractivity contribution is 0.0949. The lowest BCUT2D eigenvalue weighted by Crippen LogP contribution is -2.25. The van der Waals surface area contributed by atoms with Crippen LogP contribution in [0.1, 0.15) is 32.7 Å². The molecule has 0 unspecified atom stereocenters. The van der Waals surface area contributed by atoms with Gasteiger partial charge >= 0.3 is 0 Å². The van der Waals surface area contributed by atoms with E-state index in [9.17, 15) is 4.79 Å². The molecular weight excluding hydrogens is 410 g/mol. The summed E-state index contributed by atoms with van der Waals surface area (Å²) >= 11 is 1.47. The molecule has 0 radical (unpaired) electrons. The van der Waals surface area contributed by atoms with Crippen molar-refractivity contribution in [3.8, 4) is 5.75 Å². The standard InChI is InChI=1S/C24H23N3O3S/c1-15-12-25-20(16(2)22(15)29-3)13-26-23(28)18-9-5-4-8-17(18)14-31-24-27-19-10-6-7-11-21(19)30-24/h4-12H,13-14H2,1-3H3,(H,26,28). The molecule has 4 aromatic rings. The van der Waals surface area contributed by atoms with Crippen LogP contribution in [-0.2, 0) is 12.3 Å². The number of para-hydroxylation sites is 2. The molecule has 0 aliphatic heterocycles. The number of aryl methyl sites for hydroxylation is 1. The predicted octanol–water partition coefficient (Wildman–Crippen LogP) is 5.07. The maximum Gasteiger partial charge on any atom is 0.257 e. The van der Waals surface area contributed by atoms with Crippen LogP contribution in [0.5, 0.6) is 5.75 Å².